The second-order valence-electron chi connectivity index (χ2n) is 4.46. The summed E-state index contributed by atoms with van der Waals surface area (Å²) in [6.07, 6.45) is -1.63. The normalized spacial score (nSPS) is 12.3. The summed E-state index contributed by atoms with van der Waals surface area (Å²) in [5.74, 6) is 0.717. The van der Waals surface area contributed by atoms with Gasteiger partial charge in [0, 0.05) is 12.1 Å². The van der Waals surface area contributed by atoms with Gasteiger partial charge in [0.05, 0.1) is 19.4 Å². The van der Waals surface area contributed by atoms with Crippen molar-refractivity contribution in [3.8, 4) is 0 Å². The number of alkyl halides is 3. The predicted octanol–water partition coefficient (Wildman–Crippen LogP) is 3.16. The minimum atomic E-state index is -4.17. The Hall–Kier alpha value is -1.01. The number of hydrogen-bond donors (Lipinski definition) is 1. The van der Waals surface area contributed by atoms with Gasteiger partial charge in [0.15, 0.2) is 0 Å². The maximum absolute atomic E-state index is 12.4. The first-order valence-electron chi connectivity index (χ1n) is 6.51. The van der Waals surface area contributed by atoms with Crippen LogP contribution in [0.5, 0.6) is 0 Å². The fourth-order valence-corrected chi connectivity index (χ4v) is 1.82. The predicted molar refractivity (Wildman–Crippen MR) is 67.7 cm³/mol. The van der Waals surface area contributed by atoms with Gasteiger partial charge in [-0.15, -0.1) is 0 Å². The number of hydrogen-bond acceptors (Lipinski definition) is 3. The maximum Gasteiger partial charge on any atom is 0.401 e. The molecule has 0 aliphatic rings. The Morgan fingerprint density at radius 1 is 1.32 bits per heavy atom. The standard InChI is InChI=1S/C13H21F3N2O/c1-3-6-17-8-12-11(5-7-19-12)9-18(4-2)10-13(14,15)16/h5,7,17H,3-4,6,8-10H2,1-2H3. The first kappa shape index (κ1) is 16.0. The van der Waals surface area contributed by atoms with E-state index in [1.165, 1.54) is 11.2 Å². The highest BCUT2D eigenvalue weighted by molar-refractivity contribution is 5.16. The molecule has 1 rings (SSSR count). The molecule has 6 heteroatoms. The van der Waals surface area contributed by atoms with Gasteiger partial charge in [-0.25, -0.2) is 0 Å². The molecule has 1 aromatic rings. The van der Waals surface area contributed by atoms with Gasteiger partial charge in [-0.2, -0.15) is 13.2 Å². The number of rotatable bonds is 8. The van der Waals surface area contributed by atoms with E-state index in [0.717, 1.165) is 18.5 Å². The monoisotopic (exact) mass is 278 g/mol. The lowest BCUT2D eigenvalue weighted by Gasteiger charge is -2.21. The molecule has 0 amide bonds. The lowest BCUT2D eigenvalue weighted by atomic mass is 10.2. The molecule has 0 spiro atoms. The van der Waals surface area contributed by atoms with E-state index < -0.39 is 12.7 Å². The van der Waals surface area contributed by atoms with Gasteiger partial charge in [-0.1, -0.05) is 13.8 Å². The van der Waals surface area contributed by atoms with E-state index in [0.29, 0.717) is 18.8 Å². The summed E-state index contributed by atoms with van der Waals surface area (Å²) in [6, 6.07) is 1.74. The van der Waals surface area contributed by atoms with Gasteiger partial charge >= 0.3 is 6.18 Å². The van der Waals surface area contributed by atoms with Crippen LogP contribution >= 0.6 is 0 Å². The molecule has 19 heavy (non-hydrogen) atoms. The summed E-state index contributed by atoms with van der Waals surface area (Å²) >= 11 is 0. The number of furan rings is 1. The van der Waals surface area contributed by atoms with E-state index in [-0.39, 0.29) is 6.54 Å². The Morgan fingerprint density at radius 2 is 2.05 bits per heavy atom. The van der Waals surface area contributed by atoms with Gasteiger partial charge in [-0.05, 0) is 25.6 Å². The van der Waals surface area contributed by atoms with Gasteiger partial charge in [0.25, 0.3) is 0 Å². The van der Waals surface area contributed by atoms with Gasteiger partial charge in [-0.3, -0.25) is 4.90 Å². The van der Waals surface area contributed by atoms with Crippen molar-refractivity contribution in [2.24, 2.45) is 0 Å². The van der Waals surface area contributed by atoms with Crippen LogP contribution in [-0.2, 0) is 13.1 Å². The smallest absolute Gasteiger partial charge is 0.401 e. The Kier molecular flexibility index (Phi) is 6.37. The summed E-state index contributed by atoms with van der Waals surface area (Å²) in [7, 11) is 0. The van der Waals surface area contributed by atoms with Gasteiger partial charge < -0.3 is 9.73 Å². The van der Waals surface area contributed by atoms with Crippen molar-refractivity contribution in [1.29, 1.82) is 0 Å². The molecule has 0 saturated heterocycles. The van der Waals surface area contributed by atoms with Crippen molar-refractivity contribution in [2.45, 2.75) is 39.5 Å². The Morgan fingerprint density at radius 3 is 2.63 bits per heavy atom. The molecule has 0 fully saturated rings. The second-order valence-corrected chi connectivity index (χ2v) is 4.46. The maximum atomic E-state index is 12.4. The fourth-order valence-electron chi connectivity index (χ4n) is 1.82. The van der Waals surface area contributed by atoms with E-state index >= 15 is 0 Å². The van der Waals surface area contributed by atoms with Crippen LogP contribution in [0.15, 0.2) is 16.7 Å². The number of halogens is 3. The molecule has 1 heterocycles. The van der Waals surface area contributed by atoms with E-state index in [2.05, 4.69) is 12.2 Å². The molecule has 0 atom stereocenters. The zero-order chi connectivity index (χ0) is 14.3. The third-order valence-corrected chi connectivity index (χ3v) is 2.79. The Labute approximate surface area is 111 Å². The van der Waals surface area contributed by atoms with Crippen LogP contribution in [0.1, 0.15) is 31.6 Å². The van der Waals surface area contributed by atoms with Crippen molar-refractivity contribution in [2.75, 3.05) is 19.6 Å². The Balaban J connectivity index is 2.57. The number of nitrogens with zero attached hydrogens (tertiary/aromatic N) is 1. The van der Waals surface area contributed by atoms with Crippen molar-refractivity contribution < 1.29 is 17.6 Å². The topological polar surface area (TPSA) is 28.4 Å². The van der Waals surface area contributed by atoms with Crippen LogP contribution in [-0.4, -0.2) is 30.7 Å². The highest BCUT2D eigenvalue weighted by atomic mass is 19.4. The largest absolute Gasteiger partial charge is 0.468 e. The molecule has 1 N–H and O–H groups in total. The first-order valence-corrected chi connectivity index (χ1v) is 6.51. The zero-order valence-corrected chi connectivity index (χ0v) is 11.4. The van der Waals surface area contributed by atoms with Crippen molar-refractivity contribution >= 4 is 0 Å². The van der Waals surface area contributed by atoms with E-state index in [1.54, 1.807) is 13.0 Å². The molecule has 0 unspecified atom stereocenters. The highest BCUT2D eigenvalue weighted by Crippen LogP contribution is 2.19. The summed E-state index contributed by atoms with van der Waals surface area (Å²) in [6.45, 7) is 4.91. The van der Waals surface area contributed by atoms with Crippen molar-refractivity contribution in [3.05, 3.63) is 23.7 Å². The van der Waals surface area contributed by atoms with Crippen molar-refractivity contribution in [1.82, 2.24) is 10.2 Å². The quantitative estimate of drug-likeness (QED) is 0.740. The summed E-state index contributed by atoms with van der Waals surface area (Å²) in [5, 5.41) is 3.18. The molecule has 1 aromatic heterocycles. The fraction of sp³-hybridized carbons (Fsp3) is 0.692. The summed E-state index contributed by atoms with van der Waals surface area (Å²) in [4.78, 5) is 1.36. The van der Waals surface area contributed by atoms with Crippen LogP contribution < -0.4 is 5.32 Å². The highest BCUT2D eigenvalue weighted by Gasteiger charge is 2.30. The van der Waals surface area contributed by atoms with Crippen LogP contribution in [0.2, 0.25) is 0 Å². The lowest BCUT2D eigenvalue weighted by Crippen LogP contribution is -2.33. The molecule has 0 aliphatic heterocycles. The molecule has 0 aliphatic carbocycles. The van der Waals surface area contributed by atoms with E-state index in [9.17, 15) is 13.2 Å². The van der Waals surface area contributed by atoms with E-state index in [1.807, 2.05) is 0 Å². The van der Waals surface area contributed by atoms with Crippen LogP contribution in [0.3, 0.4) is 0 Å². The van der Waals surface area contributed by atoms with Crippen LogP contribution in [0.4, 0.5) is 13.2 Å². The lowest BCUT2D eigenvalue weighted by molar-refractivity contribution is -0.146. The third kappa shape index (κ3) is 6.11. The minimum Gasteiger partial charge on any atom is -0.468 e. The van der Waals surface area contributed by atoms with Crippen LogP contribution in [0, 0.1) is 0 Å². The third-order valence-electron chi connectivity index (χ3n) is 2.79. The van der Waals surface area contributed by atoms with Crippen LogP contribution in [0.25, 0.3) is 0 Å². The van der Waals surface area contributed by atoms with Gasteiger partial charge in [0.2, 0.25) is 0 Å². The summed E-state index contributed by atoms with van der Waals surface area (Å²) < 4.78 is 42.5. The molecule has 0 saturated carbocycles. The van der Waals surface area contributed by atoms with E-state index in [4.69, 9.17) is 4.42 Å². The molecule has 0 radical (unpaired) electrons. The SMILES string of the molecule is CCCNCc1occc1CN(CC)CC(F)(F)F. The van der Waals surface area contributed by atoms with Crippen molar-refractivity contribution in [3.63, 3.8) is 0 Å². The minimum absolute atomic E-state index is 0.260. The molecule has 110 valence electrons. The molecule has 0 bridgehead atoms. The Bertz CT molecular complexity index is 363. The van der Waals surface area contributed by atoms with Gasteiger partial charge in [0.1, 0.15) is 5.76 Å². The molecular weight excluding hydrogens is 257 g/mol. The average molecular weight is 278 g/mol. The molecular formula is C13H21F3N2O. The first-order chi connectivity index (χ1) is 8.96. The average Bonchev–Trinajstić information content (AvgIpc) is 2.74. The molecule has 3 nitrogen and oxygen atoms in total. The molecule has 0 aromatic carbocycles. The second kappa shape index (κ2) is 7.55. The number of nitrogens with one attached hydrogen (secondary N) is 1. The summed E-state index contributed by atoms with van der Waals surface area (Å²) in [5.41, 5.74) is 0.815. The zero-order valence-electron chi connectivity index (χ0n) is 11.4.